The maximum absolute atomic E-state index is 12.7. The second-order valence-corrected chi connectivity index (χ2v) is 5.57. The lowest BCUT2D eigenvalue weighted by atomic mass is 9.98. The number of hydrogen-bond acceptors (Lipinski definition) is 5. The molecule has 0 spiro atoms. The number of allylic oxidation sites excluding steroid dienone is 1. The molecule has 0 radical (unpaired) electrons. The molecule has 5 nitrogen and oxygen atoms in total. The van der Waals surface area contributed by atoms with Crippen LogP contribution in [-0.2, 0) is 10.9 Å². The predicted molar refractivity (Wildman–Crippen MR) is 99.3 cm³/mol. The van der Waals surface area contributed by atoms with Crippen molar-refractivity contribution in [2.75, 3.05) is 14.2 Å². The minimum absolute atomic E-state index is 0.0890. The van der Waals surface area contributed by atoms with Crippen LogP contribution in [-0.4, -0.2) is 31.0 Å². The van der Waals surface area contributed by atoms with Crippen LogP contribution >= 0.6 is 0 Å². The summed E-state index contributed by atoms with van der Waals surface area (Å²) in [5.74, 6) is -0.296. The molecule has 2 aromatic rings. The van der Waals surface area contributed by atoms with Gasteiger partial charge in [-0.2, -0.15) is 13.2 Å². The number of aliphatic imine (C=N–C) groups is 1. The first kappa shape index (κ1) is 21.1. The van der Waals surface area contributed by atoms with Gasteiger partial charge in [-0.3, -0.25) is 4.99 Å². The van der Waals surface area contributed by atoms with Crippen LogP contribution in [0.4, 0.5) is 13.2 Å². The van der Waals surface area contributed by atoms with Gasteiger partial charge in [0.15, 0.2) is 0 Å². The van der Waals surface area contributed by atoms with Crippen LogP contribution in [0.15, 0.2) is 53.7 Å². The predicted octanol–water partition coefficient (Wildman–Crippen LogP) is 4.79. The molecule has 28 heavy (non-hydrogen) atoms. The molecule has 0 amide bonds. The maximum Gasteiger partial charge on any atom is 0.433 e. The summed E-state index contributed by atoms with van der Waals surface area (Å²) in [5.41, 5.74) is 0.359. The molecule has 1 heterocycles. The fourth-order valence-electron chi connectivity index (χ4n) is 2.46. The first-order valence-corrected chi connectivity index (χ1v) is 8.38. The Bertz CT molecular complexity index is 888. The van der Waals surface area contributed by atoms with Crippen molar-refractivity contribution in [3.8, 4) is 5.75 Å². The van der Waals surface area contributed by atoms with Crippen molar-refractivity contribution >= 4 is 17.4 Å². The second kappa shape index (κ2) is 9.16. The van der Waals surface area contributed by atoms with Crippen molar-refractivity contribution in [1.82, 2.24) is 4.98 Å². The zero-order valence-corrected chi connectivity index (χ0v) is 15.6. The van der Waals surface area contributed by atoms with Gasteiger partial charge in [-0.15, -0.1) is 0 Å². The van der Waals surface area contributed by atoms with E-state index in [4.69, 9.17) is 9.47 Å². The number of carbonyl (C=O) groups excluding carboxylic acids is 1. The lowest BCUT2D eigenvalue weighted by Gasteiger charge is -2.15. The summed E-state index contributed by atoms with van der Waals surface area (Å²) in [6.07, 6.45) is -1.14. The number of methoxy groups -OCH3 is 1. The van der Waals surface area contributed by atoms with E-state index in [1.165, 1.54) is 14.2 Å². The molecule has 0 bridgehead atoms. The molecular formula is C20H19F3N2O3. The van der Waals surface area contributed by atoms with Gasteiger partial charge in [-0.25, -0.2) is 9.78 Å². The highest BCUT2D eigenvalue weighted by Crippen LogP contribution is 2.29. The van der Waals surface area contributed by atoms with E-state index in [0.717, 1.165) is 18.3 Å². The Balaban J connectivity index is 2.40. The van der Waals surface area contributed by atoms with Crippen molar-refractivity contribution < 1.29 is 27.4 Å². The number of nitrogens with zero attached hydrogens (tertiary/aromatic N) is 2. The molecule has 0 aliphatic heterocycles. The summed E-state index contributed by atoms with van der Waals surface area (Å²) in [6, 6.07) is 8.76. The Morgan fingerprint density at radius 3 is 2.36 bits per heavy atom. The van der Waals surface area contributed by atoms with Gasteiger partial charge in [0, 0.05) is 18.2 Å². The molecule has 8 heteroatoms. The van der Waals surface area contributed by atoms with E-state index >= 15 is 0 Å². The van der Waals surface area contributed by atoms with Crippen LogP contribution < -0.4 is 4.74 Å². The molecule has 0 N–H and O–H groups in total. The summed E-state index contributed by atoms with van der Waals surface area (Å²) in [7, 11) is 2.76. The van der Waals surface area contributed by atoms with Crippen LogP contribution in [0.1, 0.15) is 35.0 Å². The molecule has 1 aromatic heterocycles. The van der Waals surface area contributed by atoms with Crippen LogP contribution in [0.5, 0.6) is 5.75 Å². The lowest BCUT2D eigenvalue weighted by molar-refractivity contribution is -0.141. The SMILES string of the molecule is CC/C=C(\C(=N/C)Oc1ccc(C(F)(F)F)nc1)c1ccccc1C(=O)OC. The fourth-order valence-corrected chi connectivity index (χ4v) is 2.46. The van der Waals surface area contributed by atoms with E-state index < -0.39 is 17.8 Å². The molecule has 0 unspecified atom stereocenters. The van der Waals surface area contributed by atoms with Gasteiger partial charge in [0.2, 0.25) is 5.90 Å². The average molecular weight is 392 g/mol. The van der Waals surface area contributed by atoms with Gasteiger partial charge in [0.1, 0.15) is 11.4 Å². The van der Waals surface area contributed by atoms with Gasteiger partial charge in [0.25, 0.3) is 0 Å². The van der Waals surface area contributed by atoms with E-state index in [2.05, 4.69) is 9.98 Å². The quantitative estimate of drug-likeness (QED) is 0.417. The van der Waals surface area contributed by atoms with E-state index in [1.807, 2.05) is 13.0 Å². The van der Waals surface area contributed by atoms with E-state index in [9.17, 15) is 18.0 Å². The van der Waals surface area contributed by atoms with Gasteiger partial charge in [-0.1, -0.05) is 31.2 Å². The minimum Gasteiger partial charge on any atom is -0.465 e. The third-order valence-corrected chi connectivity index (χ3v) is 3.71. The smallest absolute Gasteiger partial charge is 0.433 e. The molecule has 0 aliphatic rings. The number of pyridine rings is 1. The number of carbonyl (C=O) groups is 1. The monoisotopic (exact) mass is 392 g/mol. The Morgan fingerprint density at radius 1 is 1.18 bits per heavy atom. The van der Waals surface area contributed by atoms with Gasteiger partial charge >= 0.3 is 12.1 Å². The van der Waals surface area contributed by atoms with Crippen molar-refractivity contribution in [2.24, 2.45) is 4.99 Å². The third kappa shape index (κ3) is 4.97. The number of ether oxygens (including phenoxy) is 2. The average Bonchev–Trinajstić information content (AvgIpc) is 2.69. The highest BCUT2D eigenvalue weighted by Gasteiger charge is 2.32. The Kier molecular flexibility index (Phi) is 6.92. The van der Waals surface area contributed by atoms with Gasteiger partial charge in [0.05, 0.1) is 18.9 Å². The topological polar surface area (TPSA) is 60.8 Å². The molecule has 2 rings (SSSR count). The number of esters is 1. The molecule has 0 atom stereocenters. The van der Waals surface area contributed by atoms with E-state index in [-0.39, 0.29) is 11.6 Å². The highest BCUT2D eigenvalue weighted by molar-refractivity contribution is 6.22. The zero-order chi connectivity index (χ0) is 20.7. The molecule has 0 saturated carbocycles. The standard InChI is InChI=1S/C20H19F3N2O3/c1-4-7-15(14-8-5-6-9-16(14)19(26)27-3)18(24-2)28-13-10-11-17(25-12-13)20(21,22)23/h5-12H,4H2,1-3H3/b15-7-,24-18+. The highest BCUT2D eigenvalue weighted by atomic mass is 19.4. The van der Waals surface area contributed by atoms with Gasteiger partial charge < -0.3 is 9.47 Å². The van der Waals surface area contributed by atoms with Crippen molar-refractivity contribution in [1.29, 1.82) is 0 Å². The van der Waals surface area contributed by atoms with Crippen LogP contribution in [0, 0.1) is 0 Å². The maximum atomic E-state index is 12.7. The first-order valence-electron chi connectivity index (χ1n) is 8.38. The zero-order valence-electron chi connectivity index (χ0n) is 15.6. The molecule has 0 fully saturated rings. The number of hydrogen-bond donors (Lipinski definition) is 0. The number of rotatable bonds is 5. The molecule has 148 valence electrons. The van der Waals surface area contributed by atoms with Crippen LogP contribution in [0.3, 0.4) is 0 Å². The molecule has 0 aliphatic carbocycles. The molecular weight excluding hydrogens is 373 g/mol. The second-order valence-electron chi connectivity index (χ2n) is 5.57. The Labute approximate surface area is 160 Å². The number of alkyl halides is 3. The Hall–Kier alpha value is -3.16. The van der Waals surface area contributed by atoms with Crippen LogP contribution in [0.25, 0.3) is 5.57 Å². The summed E-state index contributed by atoms with van der Waals surface area (Å²) in [6.45, 7) is 1.90. The lowest BCUT2D eigenvalue weighted by Crippen LogP contribution is -2.15. The minimum atomic E-state index is -4.53. The van der Waals surface area contributed by atoms with Gasteiger partial charge in [-0.05, 0) is 24.6 Å². The molecule has 0 saturated heterocycles. The van der Waals surface area contributed by atoms with Crippen molar-refractivity contribution in [3.63, 3.8) is 0 Å². The van der Waals surface area contributed by atoms with E-state index in [1.54, 1.807) is 24.3 Å². The van der Waals surface area contributed by atoms with E-state index in [0.29, 0.717) is 23.1 Å². The number of benzene rings is 1. The van der Waals surface area contributed by atoms with Crippen molar-refractivity contribution in [2.45, 2.75) is 19.5 Å². The van der Waals surface area contributed by atoms with Crippen molar-refractivity contribution in [3.05, 3.63) is 65.5 Å². The first-order chi connectivity index (χ1) is 13.3. The normalized spacial score (nSPS) is 12.6. The fraction of sp³-hybridized carbons (Fsp3) is 0.250. The summed E-state index contributed by atoms with van der Waals surface area (Å²) < 4.78 is 48.5. The number of aromatic nitrogens is 1. The molecule has 1 aromatic carbocycles. The summed E-state index contributed by atoms with van der Waals surface area (Å²) in [4.78, 5) is 19.6. The summed E-state index contributed by atoms with van der Waals surface area (Å²) >= 11 is 0. The number of halogens is 3. The summed E-state index contributed by atoms with van der Waals surface area (Å²) in [5, 5.41) is 0. The Morgan fingerprint density at radius 2 is 1.86 bits per heavy atom. The largest absolute Gasteiger partial charge is 0.465 e. The third-order valence-electron chi connectivity index (χ3n) is 3.71. The van der Waals surface area contributed by atoms with Crippen LogP contribution in [0.2, 0.25) is 0 Å².